The number of amidine groups is 1. The number of hydrogen-bond donors (Lipinski definition) is 2. The molecular formula is C13H20ClN3O2. The van der Waals surface area contributed by atoms with Gasteiger partial charge in [0.2, 0.25) is 0 Å². The molecule has 106 valence electrons. The maximum absolute atomic E-state index is 8.67. The quantitative estimate of drug-likeness (QED) is 0.364. The summed E-state index contributed by atoms with van der Waals surface area (Å²) < 4.78 is 5.11. The maximum Gasteiger partial charge on any atom is 0.171 e. The van der Waals surface area contributed by atoms with Gasteiger partial charge in [0.25, 0.3) is 0 Å². The number of oxime groups is 1. The molecule has 0 fully saturated rings. The first-order valence-electron chi connectivity index (χ1n) is 6.04. The Morgan fingerprint density at radius 2 is 2.21 bits per heavy atom. The van der Waals surface area contributed by atoms with E-state index in [1.807, 2.05) is 12.1 Å². The fourth-order valence-electron chi connectivity index (χ4n) is 1.82. The number of ether oxygens (including phenoxy) is 1. The van der Waals surface area contributed by atoms with Crippen LogP contribution in [0.25, 0.3) is 0 Å². The minimum atomic E-state index is 0.00420. The van der Waals surface area contributed by atoms with Gasteiger partial charge in [0.05, 0.1) is 11.6 Å². The molecule has 0 atom stereocenters. The average Bonchev–Trinajstić information content (AvgIpc) is 2.38. The molecule has 0 saturated carbocycles. The van der Waals surface area contributed by atoms with E-state index >= 15 is 0 Å². The highest BCUT2D eigenvalue weighted by Gasteiger charge is 2.13. The highest BCUT2D eigenvalue weighted by Crippen LogP contribution is 2.25. The summed E-state index contributed by atoms with van der Waals surface area (Å²) in [6, 6.07) is 5.77. The highest BCUT2D eigenvalue weighted by molar-refractivity contribution is 6.34. The standard InChI is InChI=1S/C13H20ClN3O2/c1-9(2)17(6-7-19-3)10-4-5-11(12(14)8-10)13(15)16-18/h4-5,8-9,18H,6-7H2,1-3H3,(H2,15,16). The molecule has 3 N–H and O–H groups in total. The zero-order valence-corrected chi connectivity index (χ0v) is 12.2. The van der Waals surface area contributed by atoms with Crippen molar-refractivity contribution in [2.75, 3.05) is 25.2 Å². The van der Waals surface area contributed by atoms with Crippen molar-refractivity contribution in [1.29, 1.82) is 0 Å². The number of nitrogens with zero attached hydrogens (tertiary/aromatic N) is 2. The van der Waals surface area contributed by atoms with Crippen molar-refractivity contribution in [3.8, 4) is 0 Å². The molecule has 0 aliphatic heterocycles. The second-order valence-electron chi connectivity index (χ2n) is 4.43. The number of rotatable bonds is 6. The Hall–Kier alpha value is -1.46. The summed E-state index contributed by atoms with van der Waals surface area (Å²) in [6.07, 6.45) is 0. The molecular weight excluding hydrogens is 266 g/mol. The number of nitrogens with two attached hydrogens (primary N) is 1. The topological polar surface area (TPSA) is 71.1 Å². The summed E-state index contributed by atoms with van der Waals surface area (Å²) in [5, 5.41) is 12.1. The molecule has 0 radical (unpaired) electrons. The lowest BCUT2D eigenvalue weighted by Gasteiger charge is -2.29. The van der Waals surface area contributed by atoms with E-state index in [2.05, 4.69) is 23.9 Å². The number of hydrogen-bond acceptors (Lipinski definition) is 4. The van der Waals surface area contributed by atoms with Crippen molar-refractivity contribution >= 4 is 23.1 Å². The lowest BCUT2D eigenvalue weighted by Crippen LogP contribution is -2.33. The molecule has 0 aliphatic rings. The Balaban J connectivity index is 3.03. The molecule has 19 heavy (non-hydrogen) atoms. The Morgan fingerprint density at radius 3 is 2.68 bits per heavy atom. The Kier molecular flexibility index (Phi) is 5.92. The number of halogens is 1. The third-order valence-electron chi connectivity index (χ3n) is 2.83. The van der Waals surface area contributed by atoms with Gasteiger partial charge in [-0.2, -0.15) is 0 Å². The van der Waals surface area contributed by atoms with Gasteiger partial charge in [-0.1, -0.05) is 16.8 Å². The van der Waals surface area contributed by atoms with E-state index in [1.54, 1.807) is 13.2 Å². The normalized spacial score (nSPS) is 11.9. The largest absolute Gasteiger partial charge is 0.409 e. The van der Waals surface area contributed by atoms with Crippen molar-refractivity contribution < 1.29 is 9.94 Å². The molecule has 0 heterocycles. The van der Waals surface area contributed by atoms with Crippen molar-refractivity contribution in [2.24, 2.45) is 10.9 Å². The molecule has 5 nitrogen and oxygen atoms in total. The van der Waals surface area contributed by atoms with Gasteiger partial charge in [0.1, 0.15) is 0 Å². The number of anilines is 1. The van der Waals surface area contributed by atoms with Crippen LogP contribution in [0.4, 0.5) is 5.69 Å². The highest BCUT2D eigenvalue weighted by atomic mass is 35.5. The maximum atomic E-state index is 8.67. The second-order valence-corrected chi connectivity index (χ2v) is 4.84. The predicted octanol–water partition coefficient (Wildman–Crippen LogP) is 2.30. The van der Waals surface area contributed by atoms with Crippen molar-refractivity contribution in [2.45, 2.75) is 19.9 Å². The first kappa shape index (κ1) is 15.6. The Bertz CT molecular complexity index is 450. The van der Waals surface area contributed by atoms with Crippen molar-refractivity contribution in [3.05, 3.63) is 28.8 Å². The molecule has 6 heteroatoms. The monoisotopic (exact) mass is 285 g/mol. The number of methoxy groups -OCH3 is 1. The summed E-state index contributed by atoms with van der Waals surface area (Å²) >= 11 is 6.16. The molecule has 0 amide bonds. The summed E-state index contributed by atoms with van der Waals surface area (Å²) in [5.74, 6) is 0.00420. The summed E-state index contributed by atoms with van der Waals surface area (Å²) in [5.41, 5.74) is 7.04. The average molecular weight is 286 g/mol. The van der Waals surface area contributed by atoms with Gasteiger partial charge < -0.3 is 20.6 Å². The van der Waals surface area contributed by atoms with E-state index in [4.69, 9.17) is 27.3 Å². The van der Waals surface area contributed by atoms with E-state index in [9.17, 15) is 0 Å². The molecule has 1 aromatic carbocycles. The van der Waals surface area contributed by atoms with Crippen LogP contribution >= 0.6 is 11.6 Å². The predicted molar refractivity (Wildman–Crippen MR) is 78.3 cm³/mol. The SMILES string of the molecule is COCCN(c1ccc(/C(N)=N/O)c(Cl)c1)C(C)C. The van der Waals surface area contributed by atoms with Gasteiger partial charge >= 0.3 is 0 Å². The molecule has 1 rings (SSSR count). The van der Waals surface area contributed by atoms with Crippen LogP contribution in [-0.2, 0) is 4.74 Å². The van der Waals surface area contributed by atoms with Gasteiger partial charge in [0.15, 0.2) is 5.84 Å². The zero-order chi connectivity index (χ0) is 14.4. The Morgan fingerprint density at radius 1 is 1.53 bits per heavy atom. The van der Waals surface area contributed by atoms with Crippen molar-refractivity contribution in [3.63, 3.8) is 0 Å². The van der Waals surface area contributed by atoms with Crippen LogP contribution < -0.4 is 10.6 Å². The third-order valence-corrected chi connectivity index (χ3v) is 3.14. The summed E-state index contributed by atoms with van der Waals surface area (Å²) in [4.78, 5) is 2.17. The van der Waals surface area contributed by atoms with Gasteiger partial charge in [0, 0.05) is 30.9 Å². The molecule has 0 aliphatic carbocycles. The molecule has 0 aromatic heterocycles. The van der Waals surface area contributed by atoms with Crippen LogP contribution in [0.3, 0.4) is 0 Å². The van der Waals surface area contributed by atoms with Crippen LogP contribution in [0.2, 0.25) is 5.02 Å². The molecule has 1 aromatic rings. The molecule has 0 spiro atoms. The van der Waals surface area contributed by atoms with Gasteiger partial charge in [-0.3, -0.25) is 0 Å². The first-order chi connectivity index (χ1) is 9.01. The van der Waals surface area contributed by atoms with Gasteiger partial charge in [-0.05, 0) is 32.0 Å². The minimum Gasteiger partial charge on any atom is -0.409 e. The van der Waals surface area contributed by atoms with E-state index < -0.39 is 0 Å². The zero-order valence-electron chi connectivity index (χ0n) is 11.4. The van der Waals surface area contributed by atoms with E-state index in [0.717, 1.165) is 12.2 Å². The fourth-order valence-corrected chi connectivity index (χ4v) is 2.09. The van der Waals surface area contributed by atoms with E-state index in [0.29, 0.717) is 23.2 Å². The van der Waals surface area contributed by atoms with Crippen LogP contribution in [0.15, 0.2) is 23.4 Å². The smallest absolute Gasteiger partial charge is 0.171 e. The molecule has 0 bridgehead atoms. The molecule has 0 saturated heterocycles. The Labute approximate surface area is 118 Å². The number of benzene rings is 1. The lowest BCUT2D eigenvalue weighted by molar-refractivity contribution is 0.204. The van der Waals surface area contributed by atoms with Gasteiger partial charge in [-0.25, -0.2) is 0 Å². The summed E-state index contributed by atoms with van der Waals surface area (Å²) in [7, 11) is 1.67. The third kappa shape index (κ3) is 4.01. The van der Waals surface area contributed by atoms with Crippen LogP contribution in [-0.4, -0.2) is 37.3 Å². The minimum absolute atomic E-state index is 0.00420. The van der Waals surface area contributed by atoms with Crippen LogP contribution in [0, 0.1) is 0 Å². The first-order valence-corrected chi connectivity index (χ1v) is 6.42. The van der Waals surface area contributed by atoms with E-state index in [1.165, 1.54) is 0 Å². The fraction of sp³-hybridized carbons (Fsp3) is 0.462. The van der Waals surface area contributed by atoms with Crippen molar-refractivity contribution in [1.82, 2.24) is 0 Å². The van der Waals surface area contributed by atoms with Crippen LogP contribution in [0.5, 0.6) is 0 Å². The van der Waals surface area contributed by atoms with E-state index in [-0.39, 0.29) is 5.84 Å². The second kappa shape index (κ2) is 7.21. The van der Waals surface area contributed by atoms with Crippen LogP contribution in [0.1, 0.15) is 19.4 Å². The van der Waals surface area contributed by atoms with Gasteiger partial charge in [-0.15, -0.1) is 0 Å². The summed E-state index contributed by atoms with van der Waals surface area (Å²) in [6.45, 7) is 5.60. The molecule has 0 unspecified atom stereocenters. The lowest BCUT2D eigenvalue weighted by atomic mass is 10.1.